The summed E-state index contributed by atoms with van der Waals surface area (Å²) in [7, 11) is 3.89. The van der Waals surface area contributed by atoms with Gasteiger partial charge >= 0.3 is 0 Å². The Hall–Kier alpha value is -2.29. The number of aryl methyl sites for hydroxylation is 1. The van der Waals surface area contributed by atoms with Gasteiger partial charge in [-0.25, -0.2) is 13.8 Å². The molecule has 30 heavy (non-hydrogen) atoms. The number of rotatable bonds is 8. The van der Waals surface area contributed by atoms with Gasteiger partial charge in [0.05, 0.1) is 4.70 Å². The molecule has 5 nitrogen and oxygen atoms in total. The van der Waals surface area contributed by atoms with Gasteiger partial charge in [0.25, 0.3) is 5.91 Å². The van der Waals surface area contributed by atoms with Crippen LogP contribution in [-0.2, 0) is 4.79 Å². The molecule has 0 aliphatic carbocycles. The van der Waals surface area contributed by atoms with Crippen molar-refractivity contribution in [2.24, 2.45) is 0 Å². The molecule has 0 aliphatic heterocycles. The normalized spacial score (nSPS) is 10.9. The Balaban J connectivity index is 0.00000320. The van der Waals surface area contributed by atoms with E-state index in [4.69, 9.17) is 4.74 Å². The summed E-state index contributed by atoms with van der Waals surface area (Å²) in [4.78, 5) is 20.6. The summed E-state index contributed by atoms with van der Waals surface area (Å²) < 4.78 is 33.6. The van der Waals surface area contributed by atoms with Crippen LogP contribution in [-0.4, -0.2) is 49.6 Å². The van der Waals surface area contributed by atoms with E-state index < -0.39 is 11.6 Å². The molecule has 0 atom stereocenters. The third-order valence-electron chi connectivity index (χ3n) is 4.30. The van der Waals surface area contributed by atoms with E-state index in [1.54, 1.807) is 12.1 Å². The zero-order valence-electron chi connectivity index (χ0n) is 17.0. The second kappa shape index (κ2) is 10.7. The number of halogens is 3. The second-order valence-electron chi connectivity index (χ2n) is 7.03. The number of nitrogens with zero attached hydrogens (tertiary/aromatic N) is 3. The summed E-state index contributed by atoms with van der Waals surface area (Å²) in [5.74, 6) is -1.10. The average molecular weight is 456 g/mol. The van der Waals surface area contributed by atoms with E-state index >= 15 is 0 Å². The summed E-state index contributed by atoms with van der Waals surface area (Å²) in [6.45, 7) is 2.98. The van der Waals surface area contributed by atoms with E-state index in [0.717, 1.165) is 29.5 Å². The van der Waals surface area contributed by atoms with Crippen molar-refractivity contribution in [3.63, 3.8) is 0 Å². The standard InChI is InChI=1S/C21H23F2N3O2S.ClH/c1-14-5-7-16(8-6-14)28-13-19(27)26(10-4-9-25(2)3)21-24-20-17(23)11-15(22)12-18(20)29-21;/h5-8,11-12H,4,9-10,13H2,1-3H3;1H. The van der Waals surface area contributed by atoms with Crippen LogP contribution in [0.15, 0.2) is 36.4 Å². The lowest BCUT2D eigenvalue weighted by molar-refractivity contribution is -0.120. The number of benzene rings is 2. The molecule has 9 heteroatoms. The van der Waals surface area contributed by atoms with Crippen molar-refractivity contribution in [3.05, 3.63) is 53.6 Å². The second-order valence-corrected chi connectivity index (χ2v) is 8.04. The molecular formula is C21H24ClF2N3O2S. The smallest absolute Gasteiger partial charge is 0.266 e. The molecule has 162 valence electrons. The van der Waals surface area contributed by atoms with Crippen LogP contribution in [0.3, 0.4) is 0 Å². The van der Waals surface area contributed by atoms with Crippen molar-refractivity contribution < 1.29 is 18.3 Å². The first-order valence-corrected chi connectivity index (χ1v) is 10.1. The van der Waals surface area contributed by atoms with Crippen LogP contribution in [0.2, 0.25) is 0 Å². The van der Waals surface area contributed by atoms with E-state index in [2.05, 4.69) is 4.98 Å². The van der Waals surface area contributed by atoms with Crippen LogP contribution < -0.4 is 9.64 Å². The SMILES string of the molecule is Cc1ccc(OCC(=O)N(CCCN(C)C)c2nc3c(F)cc(F)cc3s2)cc1.Cl. The highest BCUT2D eigenvalue weighted by atomic mass is 35.5. The lowest BCUT2D eigenvalue weighted by atomic mass is 10.2. The molecule has 3 rings (SSSR count). The molecule has 0 aliphatic rings. The third-order valence-corrected chi connectivity index (χ3v) is 5.33. The first-order chi connectivity index (χ1) is 13.8. The lowest BCUT2D eigenvalue weighted by Crippen LogP contribution is -2.36. The molecular weight excluding hydrogens is 432 g/mol. The molecule has 0 saturated carbocycles. The Morgan fingerprint density at radius 3 is 2.50 bits per heavy atom. The van der Waals surface area contributed by atoms with Gasteiger partial charge in [-0.1, -0.05) is 29.0 Å². The molecule has 0 saturated heterocycles. The predicted octanol–water partition coefficient (Wildman–Crippen LogP) is 4.67. The Morgan fingerprint density at radius 2 is 1.83 bits per heavy atom. The minimum atomic E-state index is -0.737. The van der Waals surface area contributed by atoms with Gasteiger partial charge in [0, 0.05) is 12.6 Å². The summed E-state index contributed by atoms with van der Waals surface area (Å²) in [6, 6.07) is 9.43. The molecule has 3 aromatic rings. The number of carbonyl (C=O) groups excluding carboxylic acids is 1. The Kier molecular flexibility index (Phi) is 8.52. The van der Waals surface area contributed by atoms with E-state index in [0.29, 0.717) is 28.5 Å². The van der Waals surface area contributed by atoms with Crippen LogP contribution in [0.5, 0.6) is 5.75 Å². The molecule has 1 amide bonds. The topological polar surface area (TPSA) is 45.7 Å². The first-order valence-electron chi connectivity index (χ1n) is 9.23. The van der Waals surface area contributed by atoms with Gasteiger partial charge in [0.15, 0.2) is 17.6 Å². The van der Waals surface area contributed by atoms with E-state index in [-0.39, 0.29) is 30.4 Å². The van der Waals surface area contributed by atoms with Crippen LogP contribution in [0.1, 0.15) is 12.0 Å². The van der Waals surface area contributed by atoms with Gasteiger partial charge < -0.3 is 9.64 Å². The minimum absolute atomic E-state index is 0. The Labute approximate surface area is 184 Å². The molecule has 0 unspecified atom stereocenters. The van der Waals surface area contributed by atoms with Crippen LogP contribution in [0, 0.1) is 18.6 Å². The number of anilines is 1. The molecule has 0 spiro atoms. The van der Waals surface area contributed by atoms with E-state index in [1.807, 2.05) is 38.1 Å². The minimum Gasteiger partial charge on any atom is -0.484 e. The van der Waals surface area contributed by atoms with Crippen molar-refractivity contribution in [2.45, 2.75) is 13.3 Å². The zero-order chi connectivity index (χ0) is 21.0. The van der Waals surface area contributed by atoms with Crippen molar-refractivity contribution in [1.29, 1.82) is 0 Å². The molecule has 0 fully saturated rings. The maximum atomic E-state index is 14.1. The monoisotopic (exact) mass is 455 g/mol. The summed E-state index contributed by atoms with van der Waals surface area (Å²) in [6.07, 6.45) is 0.704. The maximum absolute atomic E-state index is 14.1. The number of thiazole rings is 1. The largest absolute Gasteiger partial charge is 0.484 e. The number of fused-ring (bicyclic) bond motifs is 1. The van der Waals surface area contributed by atoms with E-state index in [9.17, 15) is 13.6 Å². The molecule has 0 bridgehead atoms. The highest BCUT2D eigenvalue weighted by Gasteiger charge is 2.21. The quantitative estimate of drug-likeness (QED) is 0.495. The summed E-state index contributed by atoms with van der Waals surface area (Å²) in [5, 5.41) is 0.334. The van der Waals surface area contributed by atoms with Gasteiger partial charge in [-0.15, -0.1) is 12.4 Å². The first kappa shape index (κ1) is 24.0. The third kappa shape index (κ3) is 6.10. The van der Waals surface area contributed by atoms with Crippen molar-refractivity contribution >= 4 is 45.0 Å². The number of ether oxygens (including phenoxy) is 1. The van der Waals surface area contributed by atoms with Crippen molar-refractivity contribution in [2.75, 3.05) is 38.7 Å². The predicted molar refractivity (Wildman–Crippen MR) is 119 cm³/mol. The summed E-state index contributed by atoms with van der Waals surface area (Å²) >= 11 is 1.09. The number of hydrogen-bond acceptors (Lipinski definition) is 5. The van der Waals surface area contributed by atoms with Gasteiger partial charge in [-0.2, -0.15) is 0 Å². The average Bonchev–Trinajstić information content (AvgIpc) is 3.08. The van der Waals surface area contributed by atoms with Crippen LogP contribution >= 0.6 is 23.7 Å². The van der Waals surface area contributed by atoms with Crippen LogP contribution in [0.4, 0.5) is 13.9 Å². The van der Waals surface area contributed by atoms with Gasteiger partial charge in [0.2, 0.25) is 0 Å². The van der Waals surface area contributed by atoms with Gasteiger partial charge in [0.1, 0.15) is 17.1 Å². The molecule has 0 N–H and O–H groups in total. The van der Waals surface area contributed by atoms with Gasteiger partial charge in [-0.3, -0.25) is 9.69 Å². The lowest BCUT2D eigenvalue weighted by Gasteiger charge is -2.21. The van der Waals surface area contributed by atoms with Crippen molar-refractivity contribution in [1.82, 2.24) is 9.88 Å². The maximum Gasteiger partial charge on any atom is 0.266 e. The molecule has 1 heterocycles. The number of aromatic nitrogens is 1. The molecule has 1 aromatic heterocycles. The fourth-order valence-corrected chi connectivity index (χ4v) is 3.84. The van der Waals surface area contributed by atoms with Crippen LogP contribution in [0.25, 0.3) is 10.2 Å². The fraction of sp³-hybridized carbons (Fsp3) is 0.333. The van der Waals surface area contributed by atoms with Gasteiger partial charge in [-0.05, 0) is 52.2 Å². The van der Waals surface area contributed by atoms with E-state index in [1.165, 1.54) is 11.0 Å². The Bertz CT molecular complexity index is 996. The highest BCUT2D eigenvalue weighted by Crippen LogP contribution is 2.31. The Morgan fingerprint density at radius 1 is 1.13 bits per heavy atom. The highest BCUT2D eigenvalue weighted by molar-refractivity contribution is 7.22. The number of amides is 1. The number of hydrogen-bond donors (Lipinski definition) is 0. The molecule has 2 aromatic carbocycles. The fourth-order valence-electron chi connectivity index (χ4n) is 2.79. The molecule has 0 radical (unpaired) electrons. The zero-order valence-corrected chi connectivity index (χ0v) is 18.7. The summed E-state index contributed by atoms with van der Waals surface area (Å²) in [5.41, 5.74) is 1.16. The van der Waals surface area contributed by atoms with Crippen molar-refractivity contribution in [3.8, 4) is 5.75 Å². The number of carbonyl (C=O) groups is 1.